The molecule has 0 saturated heterocycles. The molecule has 7 heteroatoms. The number of pyridine rings is 1. The second-order valence-corrected chi connectivity index (χ2v) is 7.04. The second kappa shape index (κ2) is 9.65. The van der Waals surface area contributed by atoms with Crippen molar-refractivity contribution in [2.45, 2.75) is 31.8 Å². The molecule has 3 aromatic rings. The third kappa shape index (κ3) is 5.64. The Morgan fingerprint density at radius 3 is 2.27 bits per heavy atom. The Hall–Kier alpha value is -3.74. The van der Waals surface area contributed by atoms with E-state index in [0.29, 0.717) is 5.69 Å². The van der Waals surface area contributed by atoms with Crippen LogP contribution in [0.1, 0.15) is 18.2 Å². The van der Waals surface area contributed by atoms with Gasteiger partial charge in [-0.1, -0.05) is 54.6 Å². The van der Waals surface area contributed by atoms with Crippen LogP contribution in [0.15, 0.2) is 66.7 Å². The molecule has 0 aliphatic carbocycles. The van der Waals surface area contributed by atoms with E-state index in [1.165, 1.54) is 6.92 Å². The number of amides is 2. The summed E-state index contributed by atoms with van der Waals surface area (Å²) >= 11 is 0. The van der Waals surface area contributed by atoms with Crippen molar-refractivity contribution < 1.29 is 19.5 Å². The molecule has 2 amide bonds. The first-order valence-electron chi connectivity index (χ1n) is 9.61. The lowest BCUT2D eigenvalue weighted by atomic mass is 10.0. The highest BCUT2D eigenvalue weighted by Crippen LogP contribution is 2.13. The average Bonchev–Trinajstić information content (AvgIpc) is 2.73. The lowest BCUT2D eigenvalue weighted by molar-refractivity contribution is -0.142. The van der Waals surface area contributed by atoms with Crippen LogP contribution < -0.4 is 10.6 Å². The van der Waals surface area contributed by atoms with E-state index in [-0.39, 0.29) is 18.7 Å². The molecule has 0 radical (unpaired) electrons. The van der Waals surface area contributed by atoms with E-state index in [2.05, 4.69) is 15.6 Å². The van der Waals surface area contributed by atoms with Gasteiger partial charge in [-0.15, -0.1) is 0 Å². The first-order chi connectivity index (χ1) is 14.4. The van der Waals surface area contributed by atoms with Gasteiger partial charge in [0.25, 0.3) is 0 Å². The zero-order chi connectivity index (χ0) is 21.5. The third-order valence-corrected chi connectivity index (χ3v) is 4.66. The van der Waals surface area contributed by atoms with E-state index in [0.717, 1.165) is 16.5 Å². The van der Waals surface area contributed by atoms with Crippen molar-refractivity contribution in [3.63, 3.8) is 0 Å². The highest BCUT2D eigenvalue weighted by Gasteiger charge is 2.26. The number of rotatable bonds is 8. The topological polar surface area (TPSA) is 108 Å². The second-order valence-electron chi connectivity index (χ2n) is 7.04. The zero-order valence-electron chi connectivity index (χ0n) is 16.5. The van der Waals surface area contributed by atoms with E-state index in [1.807, 2.05) is 60.7 Å². The van der Waals surface area contributed by atoms with Crippen molar-refractivity contribution >= 4 is 28.7 Å². The Labute approximate surface area is 174 Å². The number of hydrogen-bond acceptors (Lipinski definition) is 4. The normalized spacial score (nSPS) is 12.7. The van der Waals surface area contributed by atoms with Crippen LogP contribution in [-0.2, 0) is 27.2 Å². The fourth-order valence-electron chi connectivity index (χ4n) is 3.21. The average molecular weight is 405 g/mol. The SMILES string of the molecule is CC(=O)N[C@H](Cc1ccccc1)C(=O)N[C@H](Cc1ccc2ccccc2n1)C(=O)O. The predicted octanol–water partition coefficient (Wildman–Crippen LogP) is 2.09. The summed E-state index contributed by atoms with van der Waals surface area (Å²) < 4.78 is 0. The van der Waals surface area contributed by atoms with Crippen LogP contribution >= 0.6 is 0 Å². The van der Waals surface area contributed by atoms with Crippen molar-refractivity contribution in [3.8, 4) is 0 Å². The van der Waals surface area contributed by atoms with E-state index >= 15 is 0 Å². The minimum absolute atomic E-state index is 0.0318. The van der Waals surface area contributed by atoms with Gasteiger partial charge >= 0.3 is 5.97 Å². The van der Waals surface area contributed by atoms with E-state index < -0.39 is 24.0 Å². The molecule has 154 valence electrons. The lowest BCUT2D eigenvalue weighted by Crippen LogP contribution is -2.52. The number of carbonyl (C=O) groups excluding carboxylic acids is 2. The van der Waals surface area contributed by atoms with Gasteiger partial charge in [-0.25, -0.2) is 4.79 Å². The van der Waals surface area contributed by atoms with Crippen LogP contribution in [0.4, 0.5) is 0 Å². The number of carbonyl (C=O) groups is 3. The van der Waals surface area contributed by atoms with Crippen molar-refractivity contribution in [1.82, 2.24) is 15.6 Å². The Kier molecular flexibility index (Phi) is 6.75. The minimum Gasteiger partial charge on any atom is -0.480 e. The summed E-state index contributed by atoms with van der Waals surface area (Å²) in [5, 5.41) is 15.7. The van der Waals surface area contributed by atoms with Crippen molar-refractivity contribution in [3.05, 3.63) is 78.0 Å². The molecular weight excluding hydrogens is 382 g/mol. The third-order valence-electron chi connectivity index (χ3n) is 4.66. The molecule has 2 atom stereocenters. The first kappa shape index (κ1) is 21.0. The van der Waals surface area contributed by atoms with Gasteiger partial charge in [0.05, 0.1) is 5.52 Å². The number of nitrogens with zero attached hydrogens (tertiary/aromatic N) is 1. The summed E-state index contributed by atoms with van der Waals surface area (Å²) in [5.74, 6) is -2.09. The molecule has 30 heavy (non-hydrogen) atoms. The van der Waals surface area contributed by atoms with Gasteiger partial charge in [-0.2, -0.15) is 0 Å². The summed E-state index contributed by atoms with van der Waals surface area (Å²) in [7, 11) is 0. The number of para-hydroxylation sites is 1. The molecule has 3 N–H and O–H groups in total. The van der Waals surface area contributed by atoms with Crippen molar-refractivity contribution in [2.75, 3.05) is 0 Å². The highest BCUT2D eigenvalue weighted by atomic mass is 16.4. The molecule has 0 unspecified atom stereocenters. The van der Waals surface area contributed by atoms with E-state index in [9.17, 15) is 19.5 Å². The van der Waals surface area contributed by atoms with Crippen LogP contribution in [0, 0.1) is 0 Å². The van der Waals surface area contributed by atoms with Crippen LogP contribution in [-0.4, -0.2) is 40.0 Å². The van der Waals surface area contributed by atoms with E-state index in [4.69, 9.17) is 0 Å². The highest BCUT2D eigenvalue weighted by molar-refractivity contribution is 5.90. The Balaban J connectivity index is 1.74. The van der Waals surface area contributed by atoms with Gasteiger partial charge < -0.3 is 15.7 Å². The molecule has 0 aliphatic rings. The molecule has 0 fully saturated rings. The molecule has 0 bridgehead atoms. The number of aliphatic carboxylic acids is 1. The largest absolute Gasteiger partial charge is 0.480 e. The molecule has 2 aromatic carbocycles. The summed E-state index contributed by atoms with van der Waals surface area (Å²) in [4.78, 5) is 40.6. The Morgan fingerprint density at radius 1 is 0.867 bits per heavy atom. The van der Waals surface area contributed by atoms with E-state index in [1.54, 1.807) is 6.07 Å². The lowest BCUT2D eigenvalue weighted by Gasteiger charge is -2.21. The number of nitrogens with one attached hydrogen (secondary N) is 2. The summed E-state index contributed by atoms with van der Waals surface area (Å²) in [6.07, 6.45) is 0.289. The summed E-state index contributed by atoms with van der Waals surface area (Å²) in [6.45, 7) is 1.32. The molecule has 0 saturated carbocycles. The zero-order valence-corrected chi connectivity index (χ0v) is 16.5. The molecular formula is C23H23N3O4. The minimum atomic E-state index is -1.17. The van der Waals surface area contributed by atoms with Gasteiger partial charge in [-0.05, 0) is 17.7 Å². The van der Waals surface area contributed by atoms with Gasteiger partial charge in [0.1, 0.15) is 12.1 Å². The Morgan fingerprint density at radius 2 is 1.57 bits per heavy atom. The number of aromatic nitrogens is 1. The number of carboxylic acid groups (broad SMARTS) is 1. The van der Waals surface area contributed by atoms with Crippen LogP contribution in [0.2, 0.25) is 0 Å². The van der Waals surface area contributed by atoms with Crippen molar-refractivity contribution in [1.29, 1.82) is 0 Å². The Bertz CT molecular complexity index is 1050. The van der Waals surface area contributed by atoms with Gasteiger partial charge in [0.2, 0.25) is 11.8 Å². The molecule has 1 heterocycles. The first-order valence-corrected chi connectivity index (χ1v) is 9.61. The molecule has 0 spiro atoms. The fraction of sp³-hybridized carbons (Fsp3) is 0.217. The number of carboxylic acids is 1. The quantitative estimate of drug-likeness (QED) is 0.532. The molecule has 1 aromatic heterocycles. The van der Waals surface area contributed by atoms with Crippen LogP contribution in [0.25, 0.3) is 10.9 Å². The number of benzene rings is 2. The predicted molar refractivity (Wildman–Crippen MR) is 113 cm³/mol. The maximum atomic E-state index is 12.8. The summed E-state index contributed by atoms with van der Waals surface area (Å²) in [6, 6.07) is 18.3. The van der Waals surface area contributed by atoms with Crippen LogP contribution in [0.5, 0.6) is 0 Å². The number of fused-ring (bicyclic) bond motifs is 1. The monoisotopic (exact) mass is 405 g/mol. The maximum absolute atomic E-state index is 12.8. The van der Waals surface area contributed by atoms with Crippen LogP contribution in [0.3, 0.4) is 0 Å². The van der Waals surface area contributed by atoms with Gasteiger partial charge in [0, 0.05) is 30.8 Å². The molecule has 0 aliphatic heterocycles. The summed E-state index contributed by atoms with van der Waals surface area (Å²) in [5.41, 5.74) is 2.17. The molecule has 3 rings (SSSR count). The fourth-order valence-corrected chi connectivity index (χ4v) is 3.21. The standard InChI is InChI=1S/C23H23N3O4/c1-15(27)24-20(13-16-7-3-2-4-8-16)22(28)26-21(23(29)30)14-18-12-11-17-9-5-6-10-19(17)25-18/h2-12,20-21H,13-14H2,1H3,(H,24,27)(H,26,28)(H,29,30)/t20-,21-/m1/s1. The van der Waals surface area contributed by atoms with Crippen molar-refractivity contribution in [2.24, 2.45) is 0 Å². The van der Waals surface area contributed by atoms with Gasteiger partial charge in [0.15, 0.2) is 0 Å². The molecule has 7 nitrogen and oxygen atoms in total. The number of hydrogen-bond donors (Lipinski definition) is 3. The van der Waals surface area contributed by atoms with Gasteiger partial charge in [-0.3, -0.25) is 14.6 Å². The maximum Gasteiger partial charge on any atom is 0.326 e. The smallest absolute Gasteiger partial charge is 0.326 e.